The fourth-order valence-electron chi connectivity index (χ4n) is 4.13. The van der Waals surface area contributed by atoms with Crippen molar-refractivity contribution in [2.45, 2.75) is 13.0 Å². The number of methoxy groups -OCH3 is 1. The van der Waals surface area contributed by atoms with Crippen molar-refractivity contribution >= 4 is 22.7 Å². The van der Waals surface area contributed by atoms with Crippen LogP contribution in [0.2, 0.25) is 0 Å². The predicted octanol–water partition coefficient (Wildman–Crippen LogP) is 3.04. The molecule has 0 unspecified atom stereocenters. The maximum absolute atomic E-state index is 5.56. The van der Waals surface area contributed by atoms with Crippen molar-refractivity contribution in [2.24, 2.45) is 0 Å². The minimum atomic E-state index is 0.730. The van der Waals surface area contributed by atoms with Crippen LogP contribution in [0.25, 0.3) is 11.0 Å². The lowest BCUT2D eigenvalue weighted by Gasteiger charge is -2.35. The van der Waals surface area contributed by atoms with Crippen LogP contribution in [0.4, 0.5) is 11.6 Å². The van der Waals surface area contributed by atoms with Gasteiger partial charge in [0, 0.05) is 31.7 Å². The van der Waals surface area contributed by atoms with Crippen LogP contribution in [0.1, 0.15) is 11.1 Å². The maximum Gasteiger partial charge on any atom is 0.172 e. The Hall–Kier alpha value is -2.86. The normalized spacial score (nSPS) is 16.9. The molecule has 2 aliphatic rings. The van der Waals surface area contributed by atoms with E-state index >= 15 is 0 Å². The van der Waals surface area contributed by atoms with Crippen LogP contribution in [-0.4, -0.2) is 49.9 Å². The summed E-state index contributed by atoms with van der Waals surface area (Å²) < 4.78 is 11.1. The summed E-state index contributed by atoms with van der Waals surface area (Å²) in [7, 11) is 1.74. The molecule has 2 aliphatic heterocycles. The molecular formula is C22H24N4O2. The van der Waals surface area contributed by atoms with Gasteiger partial charge in [-0.25, -0.2) is 9.97 Å². The smallest absolute Gasteiger partial charge is 0.172 e. The molecule has 0 bridgehead atoms. The first kappa shape index (κ1) is 17.3. The van der Waals surface area contributed by atoms with Crippen LogP contribution in [0, 0.1) is 0 Å². The molecule has 3 heterocycles. The second-order valence-corrected chi connectivity index (χ2v) is 7.23. The van der Waals surface area contributed by atoms with Gasteiger partial charge in [0.2, 0.25) is 0 Å². The zero-order valence-corrected chi connectivity index (χ0v) is 16.1. The van der Waals surface area contributed by atoms with E-state index in [9.17, 15) is 0 Å². The summed E-state index contributed by atoms with van der Waals surface area (Å²) >= 11 is 0. The first-order valence-corrected chi connectivity index (χ1v) is 9.82. The van der Waals surface area contributed by atoms with Crippen LogP contribution in [0.15, 0.2) is 42.5 Å². The molecule has 28 heavy (non-hydrogen) atoms. The van der Waals surface area contributed by atoms with E-state index in [1.54, 1.807) is 7.11 Å². The van der Waals surface area contributed by atoms with Gasteiger partial charge in [0.05, 0.1) is 31.4 Å². The SMILES string of the molecule is COc1cccc2c1CCN(c1nc3ccccc3nc1N1CCOCC1)C2. The molecule has 0 N–H and O–H groups in total. The number of fused-ring (bicyclic) bond motifs is 2. The zero-order valence-electron chi connectivity index (χ0n) is 16.1. The van der Waals surface area contributed by atoms with Crippen LogP contribution >= 0.6 is 0 Å². The number of aromatic nitrogens is 2. The maximum atomic E-state index is 5.56. The molecule has 5 rings (SSSR count). The van der Waals surface area contributed by atoms with Gasteiger partial charge in [0.25, 0.3) is 0 Å². The van der Waals surface area contributed by atoms with Crippen LogP contribution in [-0.2, 0) is 17.7 Å². The summed E-state index contributed by atoms with van der Waals surface area (Å²) in [5.41, 5.74) is 4.48. The number of anilines is 2. The number of para-hydroxylation sites is 2. The van der Waals surface area contributed by atoms with Crippen molar-refractivity contribution in [3.63, 3.8) is 0 Å². The quantitative estimate of drug-likeness (QED) is 0.700. The number of rotatable bonds is 3. The van der Waals surface area contributed by atoms with Gasteiger partial charge in [0.15, 0.2) is 11.6 Å². The molecule has 6 nitrogen and oxygen atoms in total. The number of ether oxygens (including phenoxy) is 2. The Labute approximate surface area is 164 Å². The minimum absolute atomic E-state index is 0.730. The van der Waals surface area contributed by atoms with Gasteiger partial charge in [-0.15, -0.1) is 0 Å². The van der Waals surface area contributed by atoms with Crippen molar-refractivity contribution in [1.82, 2.24) is 9.97 Å². The molecule has 0 aliphatic carbocycles. The fourth-order valence-corrected chi connectivity index (χ4v) is 4.13. The van der Waals surface area contributed by atoms with Crippen molar-refractivity contribution in [3.8, 4) is 5.75 Å². The molecule has 0 spiro atoms. The predicted molar refractivity (Wildman–Crippen MR) is 110 cm³/mol. The van der Waals surface area contributed by atoms with Crippen LogP contribution in [0.3, 0.4) is 0 Å². The molecular weight excluding hydrogens is 352 g/mol. The monoisotopic (exact) mass is 376 g/mol. The number of benzene rings is 2. The summed E-state index contributed by atoms with van der Waals surface area (Å²) in [6, 6.07) is 14.4. The lowest BCUT2D eigenvalue weighted by molar-refractivity contribution is 0.122. The van der Waals surface area contributed by atoms with E-state index in [0.29, 0.717) is 0 Å². The minimum Gasteiger partial charge on any atom is -0.496 e. The lowest BCUT2D eigenvalue weighted by atomic mass is 9.98. The Morgan fingerprint density at radius 1 is 0.857 bits per heavy atom. The van der Waals surface area contributed by atoms with Gasteiger partial charge in [-0.1, -0.05) is 24.3 Å². The van der Waals surface area contributed by atoms with E-state index in [1.807, 2.05) is 30.3 Å². The van der Waals surface area contributed by atoms with Gasteiger partial charge in [-0.3, -0.25) is 0 Å². The summed E-state index contributed by atoms with van der Waals surface area (Å²) in [6.07, 6.45) is 0.941. The Kier molecular flexibility index (Phi) is 4.49. The molecule has 0 atom stereocenters. The fraction of sp³-hybridized carbons (Fsp3) is 0.364. The number of morpholine rings is 1. The lowest BCUT2D eigenvalue weighted by Crippen LogP contribution is -2.39. The Balaban J connectivity index is 1.57. The second-order valence-electron chi connectivity index (χ2n) is 7.23. The zero-order chi connectivity index (χ0) is 18.9. The first-order chi connectivity index (χ1) is 13.8. The molecule has 1 saturated heterocycles. The topological polar surface area (TPSA) is 50.7 Å². The third kappa shape index (κ3) is 3.03. The van der Waals surface area contributed by atoms with E-state index < -0.39 is 0 Å². The highest BCUT2D eigenvalue weighted by atomic mass is 16.5. The van der Waals surface area contributed by atoms with Gasteiger partial charge >= 0.3 is 0 Å². The van der Waals surface area contributed by atoms with Crippen LogP contribution < -0.4 is 14.5 Å². The Bertz CT molecular complexity index is 1000. The number of nitrogens with zero attached hydrogens (tertiary/aromatic N) is 4. The van der Waals surface area contributed by atoms with Crippen molar-refractivity contribution in [2.75, 3.05) is 49.8 Å². The largest absolute Gasteiger partial charge is 0.496 e. The van der Waals surface area contributed by atoms with E-state index in [1.165, 1.54) is 11.1 Å². The molecule has 2 aromatic carbocycles. The van der Waals surface area contributed by atoms with Crippen molar-refractivity contribution in [1.29, 1.82) is 0 Å². The second kappa shape index (κ2) is 7.28. The van der Waals surface area contributed by atoms with E-state index in [2.05, 4.69) is 21.9 Å². The standard InChI is InChI=1S/C22H24N4O2/c1-27-20-8-4-5-16-15-26(10-9-17(16)20)22-21(25-11-13-28-14-12-25)23-18-6-2-3-7-19(18)24-22/h2-8H,9-15H2,1H3. The highest BCUT2D eigenvalue weighted by Crippen LogP contribution is 2.34. The molecule has 6 heteroatoms. The molecule has 1 fully saturated rings. The van der Waals surface area contributed by atoms with Gasteiger partial charge in [-0.05, 0) is 30.2 Å². The highest BCUT2D eigenvalue weighted by molar-refractivity contribution is 5.81. The Morgan fingerprint density at radius 3 is 2.29 bits per heavy atom. The Morgan fingerprint density at radius 2 is 1.57 bits per heavy atom. The third-order valence-electron chi connectivity index (χ3n) is 5.59. The molecule has 144 valence electrons. The first-order valence-electron chi connectivity index (χ1n) is 9.82. The van der Waals surface area contributed by atoms with E-state index in [-0.39, 0.29) is 0 Å². The van der Waals surface area contributed by atoms with Gasteiger partial charge in [0.1, 0.15) is 5.75 Å². The molecule has 1 aromatic heterocycles. The van der Waals surface area contributed by atoms with Gasteiger partial charge in [-0.2, -0.15) is 0 Å². The molecule has 3 aromatic rings. The summed E-state index contributed by atoms with van der Waals surface area (Å²) in [5.74, 6) is 2.91. The average molecular weight is 376 g/mol. The van der Waals surface area contributed by atoms with E-state index in [0.717, 1.165) is 74.2 Å². The summed E-state index contributed by atoms with van der Waals surface area (Å²) in [4.78, 5) is 14.7. The third-order valence-corrected chi connectivity index (χ3v) is 5.59. The summed E-state index contributed by atoms with van der Waals surface area (Å²) in [6.45, 7) is 4.87. The van der Waals surface area contributed by atoms with Crippen molar-refractivity contribution in [3.05, 3.63) is 53.6 Å². The van der Waals surface area contributed by atoms with Gasteiger partial charge < -0.3 is 19.3 Å². The van der Waals surface area contributed by atoms with Crippen molar-refractivity contribution < 1.29 is 9.47 Å². The number of hydrogen-bond acceptors (Lipinski definition) is 6. The highest BCUT2D eigenvalue weighted by Gasteiger charge is 2.26. The average Bonchev–Trinajstić information content (AvgIpc) is 2.78. The van der Waals surface area contributed by atoms with E-state index in [4.69, 9.17) is 19.4 Å². The molecule has 0 amide bonds. The van der Waals surface area contributed by atoms with Crippen LogP contribution in [0.5, 0.6) is 5.75 Å². The summed E-state index contributed by atoms with van der Waals surface area (Å²) in [5, 5.41) is 0. The molecule has 0 radical (unpaired) electrons. The number of hydrogen-bond donors (Lipinski definition) is 0. The molecule has 0 saturated carbocycles.